The fourth-order valence-corrected chi connectivity index (χ4v) is 1.53. The van der Waals surface area contributed by atoms with Gasteiger partial charge in [-0.1, -0.05) is 6.92 Å². The number of hydrogen-bond donors (Lipinski definition) is 0. The van der Waals surface area contributed by atoms with Gasteiger partial charge in [-0.25, -0.2) is 4.98 Å². The van der Waals surface area contributed by atoms with Crippen molar-refractivity contribution in [3.8, 4) is 0 Å². The zero-order valence-corrected chi connectivity index (χ0v) is 6.86. The Balaban J connectivity index is 3.19. The van der Waals surface area contributed by atoms with E-state index in [1.54, 1.807) is 17.4 Å². The zero-order valence-electron chi connectivity index (χ0n) is 6.05. The summed E-state index contributed by atoms with van der Waals surface area (Å²) in [6, 6.07) is 1.56. The molecule has 10 heavy (non-hydrogen) atoms. The summed E-state index contributed by atoms with van der Waals surface area (Å²) in [5.74, 6) is 0. The molecule has 0 aliphatic rings. The highest BCUT2D eigenvalue weighted by Gasteiger charge is 1.94. The fraction of sp³-hybridized carbons (Fsp3) is 0.429. The van der Waals surface area contributed by atoms with Crippen LogP contribution in [0.4, 0.5) is 0 Å². The number of aryl methyl sites for hydroxylation is 2. The minimum absolute atomic E-state index is 0.117. The van der Waals surface area contributed by atoms with Crippen molar-refractivity contribution in [2.75, 3.05) is 0 Å². The Morgan fingerprint density at radius 1 is 1.70 bits per heavy atom. The van der Waals surface area contributed by atoms with Crippen molar-refractivity contribution in [3.63, 3.8) is 0 Å². The molecule has 0 aromatic carbocycles. The molecule has 1 aromatic heterocycles. The van der Waals surface area contributed by atoms with E-state index in [9.17, 15) is 4.79 Å². The Hall–Kier alpha value is -0.700. The third-order valence-electron chi connectivity index (χ3n) is 1.14. The van der Waals surface area contributed by atoms with Gasteiger partial charge in [0.25, 0.3) is 5.56 Å². The second kappa shape index (κ2) is 2.92. The molecular formula is C7H9NOS. The van der Waals surface area contributed by atoms with Crippen LogP contribution in [0.25, 0.3) is 0 Å². The first-order valence-corrected chi connectivity index (χ1v) is 4.01. The molecule has 0 saturated carbocycles. The van der Waals surface area contributed by atoms with Crippen molar-refractivity contribution in [2.24, 2.45) is 0 Å². The van der Waals surface area contributed by atoms with Crippen LogP contribution in [-0.4, -0.2) is 4.98 Å². The molecule has 0 atom stereocenters. The van der Waals surface area contributed by atoms with Gasteiger partial charge in [0.2, 0.25) is 0 Å². The molecule has 0 aliphatic heterocycles. The SMILES string of the molecule is CCc1nc(=O)cc(C)s1. The van der Waals surface area contributed by atoms with Gasteiger partial charge in [-0.3, -0.25) is 4.79 Å². The third-order valence-corrected chi connectivity index (χ3v) is 2.20. The quantitative estimate of drug-likeness (QED) is 0.613. The monoisotopic (exact) mass is 155 g/mol. The Kier molecular flexibility index (Phi) is 2.17. The van der Waals surface area contributed by atoms with Gasteiger partial charge in [0.15, 0.2) is 0 Å². The minimum Gasteiger partial charge on any atom is -0.267 e. The lowest BCUT2D eigenvalue weighted by Crippen LogP contribution is -2.05. The molecule has 0 bridgehead atoms. The Labute approximate surface area is 63.6 Å². The fourth-order valence-electron chi connectivity index (χ4n) is 0.718. The third kappa shape index (κ3) is 1.64. The molecule has 3 heteroatoms. The minimum atomic E-state index is -0.117. The average Bonchev–Trinajstić information content (AvgIpc) is 1.85. The lowest BCUT2D eigenvalue weighted by Gasteiger charge is -1.92. The molecule has 0 spiro atoms. The van der Waals surface area contributed by atoms with Crippen molar-refractivity contribution >= 4 is 11.3 Å². The summed E-state index contributed by atoms with van der Waals surface area (Å²) in [5, 5.41) is 0.921. The predicted octanol–water partition coefficient (Wildman–Crippen LogP) is 1.37. The molecule has 54 valence electrons. The van der Waals surface area contributed by atoms with E-state index in [0.717, 1.165) is 16.3 Å². The van der Waals surface area contributed by atoms with Crippen molar-refractivity contribution < 1.29 is 0 Å². The normalized spacial score (nSPS) is 9.80. The molecule has 0 radical (unpaired) electrons. The summed E-state index contributed by atoms with van der Waals surface area (Å²) in [6.45, 7) is 3.92. The van der Waals surface area contributed by atoms with Crippen LogP contribution in [0.2, 0.25) is 0 Å². The van der Waals surface area contributed by atoms with E-state index in [4.69, 9.17) is 0 Å². The van der Waals surface area contributed by atoms with Gasteiger partial charge in [-0.15, -0.1) is 11.3 Å². The van der Waals surface area contributed by atoms with Crippen LogP contribution in [-0.2, 0) is 6.42 Å². The van der Waals surface area contributed by atoms with Crippen molar-refractivity contribution in [1.82, 2.24) is 4.98 Å². The number of nitrogens with zero attached hydrogens (tertiary/aromatic N) is 1. The molecule has 1 aromatic rings. The lowest BCUT2D eigenvalue weighted by molar-refractivity contribution is 1.05. The Morgan fingerprint density at radius 2 is 2.40 bits per heavy atom. The molecule has 1 heterocycles. The van der Waals surface area contributed by atoms with Gasteiger partial charge < -0.3 is 0 Å². The van der Waals surface area contributed by atoms with Crippen LogP contribution in [0, 0.1) is 6.92 Å². The van der Waals surface area contributed by atoms with E-state index >= 15 is 0 Å². The number of aromatic nitrogens is 1. The summed E-state index contributed by atoms with van der Waals surface area (Å²) in [4.78, 5) is 15.6. The van der Waals surface area contributed by atoms with Crippen LogP contribution in [0.5, 0.6) is 0 Å². The molecule has 0 N–H and O–H groups in total. The number of hydrogen-bond acceptors (Lipinski definition) is 3. The first-order chi connectivity index (χ1) is 4.72. The first-order valence-electron chi connectivity index (χ1n) is 3.20. The highest BCUT2D eigenvalue weighted by atomic mass is 32.1. The standard InChI is InChI=1S/C7H9NOS/c1-3-7-8-6(9)4-5(2)10-7/h4H,3H2,1-2H3. The van der Waals surface area contributed by atoms with Gasteiger partial charge in [-0.2, -0.15) is 0 Å². The molecule has 0 fully saturated rings. The van der Waals surface area contributed by atoms with Crippen LogP contribution in [0.1, 0.15) is 16.8 Å². The largest absolute Gasteiger partial charge is 0.271 e. The van der Waals surface area contributed by atoms with E-state index in [2.05, 4.69) is 4.98 Å². The summed E-state index contributed by atoms with van der Waals surface area (Å²) in [5.41, 5.74) is -0.117. The lowest BCUT2D eigenvalue weighted by atomic mass is 10.5. The summed E-state index contributed by atoms with van der Waals surface area (Å²) >= 11 is 1.58. The van der Waals surface area contributed by atoms with E-state index in [-0.39, 0.29) is 5.56 Å². The maximum atomic E-state index is 10.8. The summed E-state index contributed by atoms with van der Waals surface area (Å²) < 4.78 is 0. The van der Waals surface area contributed by atoms with Gasteiger partial charge in [-0.05, 0) is 13.3 Å². The van der Waals surface area contributed by atoms with E-state index in [1.807, 2.05) is 13.8 Å². The van der Waals surface area contributed by atoms with E-state index in [0.29, 0.717) is 0 Å². The molecule has 0 unspecified atom stereocenters. The maximum absolute atomic E-state index is 10.8. The van der Waals surface area contributed by atoms with Crippen molar-refractivity contribution in [3.05, 3.63) is 26.3 Å². The van der Waals surface area contributed by atoms with Gasteiger partial charge in [0.1, 0.15) is 0 Å². The van der Waals surface area contributed by atoms with Crippen LogP contribution in [0.15, 0.2) is 10.9 Å². The molecule has 2 nitrogen and oxygen atoms in total. The highest BCUT2D eigenvalue weighted by molar-refractivity contribution is 7.11. The van der Waals surface area contributed by atoms with E-state index in [1.165, 1.54) is 0 Å². The van der Waals surface area contributed by atoms with Crippen molar-refractivity contribution in [2.45, 2.75) is 20.3 Å². The summed E-state index contributed by atoms with van der Waals surface area (Å²) in [6.07, 6.45) is 0.849. The number of rotatable bonds is 1. The van der Waals surface area contributed by atoms with E-state index < -0.39 is 0 Å². The zero-order chi connectivity index (χ0) is 7.56. The smallest absolute Gasteiger partial charge is 0.267 e. The average molecular weight is 155 g/mol. The topological polar surface area (TPSA) is 30.0 Å². The molecule has 0 aliphatic carbocycles. The van der Waals surface area contributed by atoms with Gasteiger partial charge in [0, 0.05) is 10.9 Å². The summed E-state index contributed by atoms with van der Waals surface area (Å²) in [7, 11) is 0. The van der Waals surface area contributed by atoms with Crippen molar-refractivity contribution in [1.29, 1.82) is 0 Å². The highest BCUT2D eigenvalue weighted by Crippen LogP contribution is 2.06. The second-order valence-corrected chi connectivity index (χ2v) is 3.37. The Bertz CT molecular complexity index is 279. The molecular weight excluding hydrogens is 146 g/mol. The Morgan fingerprint density at radius 3 is 2.90 bits per heavy atom. The second-order valence-electron chi connectivity index (χ2n) is 2.05. The first kappa shape index (κ1) is 7.41. The van der Waals surface area contributed by atoms with Crippen LogP contribution < -0.4 is 5.56 Å². The molecule has 0 amide bonds. The predicted molar refractivity (Wildman–Crippen MR) is 42.5 cm³/mol. The van der Waals surface area contributed by atoms with Gasteiger partial charge >= 0.3 is 0 Å². The van der Waals surface area contributed by atoms with Crippen LogP contribution >= 0.6 is 11.3 Å². The molecule has 0 saturated heterocycles. The molecule has 1 rings (SSSR count). The maximum Gasteiger partial charge on any atom is 0.271 e. The van der Waals surface area contributed by atoms with Gasteiger partial charge in [0.05, 0.1) is 5.01 Å². The van der Waals surface area contributed by atoms with Crippen LogP contribution in [0.3, 0.4) is 0 Å².